The molecule has 1 fully saturated rings. The van der Waals surface area contributed by atoms with E-state index in [1.165, 1.54) is 17.5 Å². The Bertz CT molecular complexity index is 914. The molecule has 0 atom stereocenters. The van der Waals surface area contributed by atoms with Crippen LogP contribution in [0.1, 0.15) is 53.7 Å². The van der Waals surface area contributed by atoms with Crippen LogP contribution in [0.3, 0.4) is 0 Å². The van der Waals surface area contributed by atoms with E-state index < -0.39 is 5.91 Å². The van der Waals surface area contributed by atoms with E-state index in [-0.39, 0.29) is 17.7 Å². The number of fused-ring (bicyclic) bond motifs is 1. The number of halogens is 1. The van der Waals surface area contributed by atoms with Crippen molar-refractivity contribution in [3.05, 3.63) is 34.0 Å². The summed E-state index contributed by atoms with van der Waals surface area (Å²) < 4.78 is 0. The molecule has 154 valence electrons. The molecule has 29 heavy (non-hydrogen) atoms. The Hall–Kier alpha value is -2.45. The van der Waals surface area contributed by atoms with Gasteiger partial charge >= 0.3 is 0 Å². The van der Waals surface area contributed by atoms with Crippen LogP contribution in [-0.4, -0.2) is 45.6 Å². The quantitative estimate of drug-likeness (QED) is 0.688. The number of carbonyl (C=O) groups is 1. The van der Waals surface area contributed by atoms with E-state index in [2.05, 4.69) is 37.8 Å². The second kappa shape index (κ2) is 8.51. The topological polar surface area (TPSA) is 109 Å². The number of nitrogens with zero attached hydrogens (tertiary/aromatic N) is 4. The van der Waals surface area contributed by atoms with Gasteiger partial charge in [0.1, 0.15) is 0 Å². The lowest BCUT2D eigenvalue weighted by Gasteiger charge is -2.26. The number of carbonyl (C=O) groups excluding carboxylic acids is 1. The Kier molecular flexibility index (Phi) is 5.82. The predicted molar refractivity (Wildman–Crippen MR) is 114 cm³/mol. The van der Waals surface area contributed by atoms with Gasteiger partial charge in [-0.25, -0.2) is 0 Å². The highest BCUT2D eigenvalue weighted by molar-refractivity contribution is 6.33. The lowest BCUT2D eigenvalue weighted by molar-refractivity contribution is 0.0995. The van der Waals surface area contributed by atoms with E-state index in [0.29, 0.717) is 10.8 Å². The summed E-state index contributed by atoms with van der Waals surface area (Å²) >= 11 is 6.49. The maximum Gasteiger partial charge on any atom is 0.273 e. The number of nitrogens with two attached hydrogens (primary N) is 1. The molecule has 8 nitrogen and oxygen atoms in total. The fourth-order valence-electron chi connectivity index (χ4n) is 4.02. The van der Waals surface area contributed by atoms with E-state index in [1.807, 2.05) is 12.1 Å². The zero-order chi connectivity index (χ0) is 20.4. The van der Waals surface area contributed by atoms with Crippen LogP contribution >= 0.6 is 11.6 Å². The fourth-order valence-corrected chi connectivity index (χ4v) is 4.26. The fraction of sp³-hybridized carbons (Fsp3) is 0.500. The van der Waals surface area contributed by atoms with Gasteiger partial charge in [0.2, 0.25) is 5.95 Å². The molecule has 2 aliphatic rings. The largest absolute Gasteiger partial charge is 0.365 e. The summed E-state index contributed by atoms with van der Waals surface area (Å²) in [6, 6.07) is 4.29. The minimum absolute atomic E-state index is 0.0562. The lowest BCUT2D eigenvalue weighted by Crippen LogP contribution is -2.27. The monoisotopic (exact) mass is 415 g/mol. The highest BCUT2D eigenvalue weighted by atomic mass is 35.5. The Morgan fingerprint density at radius 1 is 1.21 bits per heavy atom. The minimum atomic E-state index is -0.647. The Balaban J connectivity index is 1.58. The highest BCUT2D eigenvalue weighted by Crippen LogP contribution is 2.31. The maximum atomic E-state index is 11.8. The van der Waals surface area contributed by atoms with Crippen LogP contribution in [0.4, 0.5) is 17.5 Å². The molecule has 0 saturated heterocycles. The van der Waals surface area contributed by atoms with Gasteiger partial charge in [-0.15, -0.1) is 10.2 Å². The second-order valence-electron chi connectivity index (χ2n) is 7.89. The summed E-state index contributed by atoms with van der Waals surface area (Å²) in [6.07, 6.45) is 6.60. The van der Waals surface area contributed by atoms with Crippen LogP contribution in [0.5, 0.6) is 0 Å². The third-order valence-electron chi connectivity index (χ3n) is 5.61. The zero-order valence-electron chi connectivity index (χ0n) is 16.5. The van der Waals surface area contributed by atoms with Crippen molar-refractivity contribution in [1.29, 1.82) is 0 Å². The number of likely N-dealkylation sites (N-methyl/N-ethyl adjacent to an activating group) is 1. The molecule has 9 heteroatoms. The van der Waals surface area contributed by atoms with Crippen molar-refractivity contribution in [2.45, 2.75) is 51.1 Å². The predicted octanol–water partition coefficient (Wildman–Crippen LogP) is 3.10. The normalized spacial score (nSPS) is 17.6. The van der Waals surface area contributed by atoms with Crippen molar-refractivity contribution >= 4 is 35.0 Å². The Labute approximate surface area is 175 Å². The van der Waals surface area contributed by atoms with Crippen LogP contribution in [0.15, 0.2) is 12.1 Å². The van der Waals surface area contributed by atoms with Crippen LogP contribution in [0.25, 0.3) is 0 Å². The van der Waals surface area contributed by atoms with Gasteiger partial charge < -0.3 is 21.3 Å². The van der Waals surface area contributed by atoms with Crippen molar-refractivity contribution in [3.63, 3.8) is 0 Å². The standard InChI is InChI=1S/C20H26ClN7O/c1-28-8-7-12-10-16(15(21)9-13(12)11-28)24-20-25-19(17(18(22)29)26-27-20)23-14-5-3-2-4-6-14/h9-10,14H,2-8,11H2,1H3,(H2,22,29)(H2,23,24,25,27). The summed E-state index contributed by atoms with van der Waals surface area (Å²) in [4.78, 5) is 18.5. The van der Waals surface area contributed by atoms with Gasteiger partial charge in [-0.1, -0.05) is 30.9 Å². The van der Waals surface area contributed by atoms with Crippen molar-refractivity contribution in [2.75, 3.05) is 24.2 Å². The molecule has 1 aromatic heterocycles. The van der Waals surface area contributed by atoms with Crippen molar-refractivity contribution < 1.29 is 4.79 Å². The van der Waals surface area contributed by atoms with E-state index in [0.717, 1.165) is 50.9 Å². The van der Waals surface area contributed by atoms with Gasteiger partial charge in [0, 0.05) is 19.1 Å². The molecular weight excluding hydrogens is 390 g/mol. The molecule has 1 aliphatic heterocycles. The maximum absolute atomic E-state index is 11.8. The molecular formula is C20H26ClN7O. The van der Waals surface area contributed by atoms with E-state index in [4.69, 9.17) is 17.3 Å². The number of benzene rings is 1. The van der Waals surface area contributed by atoms with Crippen LogP contribution in [0, 0.1) is 0 Å². The number of hydrogen-bond acceptors (Lipinski definition) is 7. The molecule has 1 aliphatic carbocycles. The second-order valence-corrected chi connectivity index (χ2v) is 8.30. The van der Waals surface area contributed by atoms with E-state index in [1.54, 1.807) is 0 Å². The third kappa shape index (κ3) is 4.59. The summed E-state index contributed by atoms with van der Waals surface area (Å²) in [7, 11) is 2.10. The number of anilines is 3. The molecule has 4 N–H and O–H groups in total. The van der Waals surface area contributed by atoms with Crippen molar-refractivity contribution in [2.24, 2.45) is 5.73 Å². The van der Waals surface area contributed by atoms with Gasteiger partial charge in [-0.2, -0.15) is 4.98 Å². The molecule has 2 aromatic rings. The molecule has 1 aromatic carbocycles. The van der Waals surface area contributed by atoms with Crippen LogP contribution in [-0.2, 0) is 13.0 Å². The average Bonchev–Trinajstić information content (AvgIpc) is 2.69. The first-order chi connectivity index (χ1) is 14.0. The SMILES string of the molecule is CN1CCc2cc(Nc3nnc(C(N)=O)c(NC4CCCCC4)n3)c(Cl)cc2C1. The zero-order valence-corrected chi connectivity index (χ0v) is 17.3. The Morgan fingerprint density at radius 2 is 2.00 bits per heavy atom. The number of nitrogens with one attached hydrogen (secondary N) is 2. The average molecular weight is 416 g/mol. The van der Waals surface area contributed by atoms with Gasteiger partial charge in [0.05, 0.1) is 10.7 Å². The highest BCUT2D eigenvalue weighted by Gasteiger charge is 2.21. The molecule has 0 spiro atoms. The molecule has 1 saturated carbocycles. The molecule has 0 bridgehead atoms. The first kappa shape index (κ1) is 19.8. The number of aromatic nitrogens is 3. The number of rotatable bonds is 5. The number of hydrogen-bond donors (Lipinski definition) is 3. The smallest absolute Gasteiger partial charge is 0.273 e. The minimum Gasteiger partial charge on any atom is -0.365 e. The molecule has 2 heterocycles. The van der Waals surface area contributed by atoms with E-state index >= 15 is 0 Å². The van der Waals surface area contributed by atoms with Crippen molar-refractivity contribution in [3.8, 4) is 0 Å². The number of primary amides is 1. The third-order valence-corrected chi connectivity index (χ3v) is 5.92. The van der Waals surface area contributed by atoms with Gasteiger partial charge in [-0.3, -0.25) is 4.79 Å². The van der Waals surface area contributed by atoms with Crippen molar-refractivity contribution in [1.82, 2.24) is 20.1 Å². The van der Waals surface area contributed by atoms with Gasteiger partial charge in [0.25, 0.3) is 5.91 Å². The molecule has 0 unspecified atom stereocenters. The molecule has 1 amide bonds. The summed E-state index contributed by atoms with van der Waals surface area (Å²) in [5, 5.41) is 15.1. The first-order valence-electron chi connectivity index (χ1n) is 10.1. The number of amides is 1. The Morgan fingerprint density at radius 3 is 2.76 bits per heavy atom. The van der Waals surface area contributed by atoms with Crippen LogP contribution in [0.2, 0.25) is 5.02 Å². The van der Waals surface area contributed by atoms with E-state index in [9.17, 15) is 4.79 Å². The molecule has 4 rings (SSSR count). The summed E-state index contributed by atoms with van der Waals surface area (Å²) in [6.45, 7) is 1.89. The lowest BCUT2D eigenvalue weighted by atomic mass is 9.95. The van der Waals surface area contributed by atoms with Gasteiger partial charge in [0.15, 0.2) is 11.5 Å². The van der Waals surface area contributed by atoms with Gasteiger partial charge in [-0.05, 0) is 49.6 Å². The summed E-state index contributed by atoms with van der Waals surface area (Å²) in [5.41, 5.74) is 8.75. The molecule has 0 radical (unpaired) electrons. The van der Waals surface area contributed by atoms with Crippen LogP contribution < -0.4 is 16.4 Å². The summed E-state index contributed by atoms with van der Waals surface area (Å²) in [5.74, 6) is 0.00601. The first-order valence-corrected chi connectivity index (χ1v) is 10.5.